The standard InChI is InChI=1S/C18H26FN5O3S/c1-5-20-18(22-11-17-23-13(3)14(4)27-17)21-8-9-28(25,26)24-15-7-6-12(2)16(19)10-15/h6-7,10,24H,5,8-9,11H2,1-4H3,(H2,20,21,22). The molecule has 0 unspecified atom stereocenters. The second-order valence-corrected chi connectivity index (χ2v) is 8.10. The first-order valence-electron chi connectivity index (χ1n) is 8.92. The van der Waals surface area contributed by atoms with Gasteiger partial charge in [0.1, 0.15) is 18.1 Å². The van der Waals surface area contributed by atoms with E-state index in [4.69, 9.17) is 4.42 Å². The van der Waals surface area contributed by atoms with Crippen LogP contribution in [0.3, 0.4) is 0 Å². The molecule has 10 heteroatoms. The maximum Gasteiger partial charge on any atom is 0.234 e. The fourth-order valence-corrected chi connectivity index (χ4v) is 3.24. The second-order valence-electron chi connectivity index (χ2n) is 6.26. The number of aromatic nitrogens is 1. The summed E-state index contributed by atoms with van der Waals surface area (Å²) in [5.41, 5.74) is 1.46. The first-order valence-corrected chi connectivity index (χ1v) is 10.6. The highest BCUT2D eigenvalue weighted by Gasteiger charge is 2.12. The molecule has 0 aliphatic heterocycles. The third-order valence-electron chi connectivity index (χ3n) is 3.90. The van der Waals surface area contributed by atoms with Crippen molar-refractivity contribution in [2.75, 3.05) is 23.6 Å². The van der Waals surface area contributed by atoms with Crippen LogP contribution < -0.4 is 15.4 Å². The fourth-order valence-electron chi connectivity index (χ4n) is 2.29. The van der Waals surface area contributed by atoms with Crippen molar-refractivity contribution >= 4 is 21.7 Å². The summed E-state index contributed by atoms with van der Waals surface area (Å²) in [4.78, 5) is 8.59. The largest absolute Gasteiger partial charge is 0.444 e. The molecule has 0 saturated carbocycles. The van der Waals surface area contributed by atoms with Gasteiger partial charge in [0.15, 0.2) is 5.96 Å². The average Bonchev–Trinajstić information content (AvgIpc) is 2.93. The molecule has 1 aromatic heterocycles. The number of hydrogen-bond donors (Lipinski definition) is 3. The van der Waals surface area contributed by atoms with E-state index in [1.807, 2.05) is 20.8 Å². The molecule has 0 spiro atoms. The van der Waals surface area contributed by atoms with Crippen molar-refractivity contribution in [1.29, 1.82) is 0 Å². The number of sulfonamides is 1. The Bertz CT molecular complexity index is 921. The van der Waals surface area contributed by atoms with Crippen LogP contribution >= 0.6 is 0 Å². The molecule has 0 amide bonds. The number of halogens is 1. The molecule has 0 saturated heterocycles. The molecule has 3 N–H and O–H groups in total. The number of aliphatic imine (C=N–C) groups is 1. The lowest BCUT2D eigenvalue weighted by molar-refractivity contribution is 0.473. The monoisotopic (exact) mass is 411 g/mol. The molecule has 0 atom stereocenters. The minimum Gasteiger partial charge on any atom is -0.444 e. The maximum absolute atomic E-state index is 13.6. The van der Waals surface area contributed by atoms with Crippen LogP contribution in [0.2, 0.25) is 0 Å². The minimum atomic E-state index is -3.64. The number of oxazole rings is 1. The van der Waals surface area contributed by atoms with Gasteiger partial charge < -0.3 is 15.1 Å². The van der Waals surface area contributed by atoms with Gasteiger partial charge in [-0.15, -0.1) is 0 Å². The van der Waals surface area contributed by atoms with Crippen molar-refractivity contribution in [2.24, 2.45) is 4.99 Å². The molecule has 1 aromatic carbocycles. The van der Waals surface area contributed by atoms with Gasteiger partial charge in [0.25, 0.3) is 0 Å². The Morgan fingerprint density at radius 1 is 1.25 bits per heavy atom. The lowest BCUT2D eigenvalue weighted by Gasteiger charge is -2.12. The zero-order valence-electron chi connectivity index (χ0n) is 16.5. The number of guanidine groups is 1. The van der Waals surface area contributed by atoms with Crippen LogP contribution in [0.5, 0.6) is 0 Å². The summed E-state index contributed by atoms with van der Waals surface area (Å²) in [6.07, 6.45) is 0. The molecule has 1 heterocycles. The number of hydrogen-bond acceptors (Lipinski definition) is 5. The van der Waals surface area contributed by atoms with E-state index >= 15 is 0 Å². The number of anilines is 1. The highest BCUT2D eigenvalue weighted by Crippen LogP contribution is 2.15. The van der Waals surface area contributed by atoms with E-state index in [2.05, 4.69) is 25.3 Å². The SMILES string of the molecule is CCNC(=NCc1nc(C)c(C)o1)NCCS(=O)(=O)Nc1ccc(C)c(F)c1. The Kier molecular flexibility index (Phi) is 7.38. The van der Waals surface area contributed by atoms with Gasteiger partial charge in [-0.2, -0.15) is 0 Å². The Morgan fingerprint density at radius 2 is 2.00 bits per heavy atom. The lowest BCUT2D eigenvalue weighted by Crippen LogP contribution is -2.40. The molecule has 0 aliphatic carbocycles. The highest BCUT2D eigenvalue weighted by molar-refractivity contribution is 7.92. The van der Waals surface area contributed by atoms with E-state index in [0.717, 1.165) is 17.5 Å². The maximum atomic E-state index is 13.6. The third kappa shape index (κ3) is 6.52. The zero-order valence-corrected chi connectivity index (χ0v) is 17.3. The van der Waals surface area contributed by atoms with Gasteiger partial charge in [0, 0.05) is 13.1 Å². The molecule has 0 fully saturated rings. The number of rotatable bonds is 8. The number of nitrogens with one attached hydrogen (secondary N) is 3. The number of nitrogens with zero attached hydrogens (tertiary/aromatic N) is 2. The van der Waals surface area contributed by atoms with Crippen LogP contribution in [0.25, 0.3) is 0 Å². The van der Waals surface area contributed by atoms with Crippen LogP contribution in [0, 0.1) is 26.6 Å². The van der Waals surface area contributed by atoms with E-state index in [1.165, 1.54) is 12.1 Å². The van der Waals surface area contributed by atoms with E-state index in [1.54, 1.807) is 6.92 Å². The molecule has 0 radical (unpaired) electrons. The summed E-state index contributed by atoms with van der Waals surface area (Å²) in [5, 5.41) is 5.98. The first kappa shape index (κ1) is 21.7. The molecule has 8 nitrogen and oxygen atoms in total. The van der Waals surface area contributed by atoms with Gasteiger partial charge in [-0.05, 0) is 45.4 Å². The highest BCUT2D eigenvalue weighted by atomic mass is 32.2. The van der Waals surface area contributed by atoms with Crippen LogP contribution in [0.4, 0.5) is 10.1 Å². The summed E-state index contributed by atoms with van der Waals surface area (Å²) in [6, 6.07) is 4.20. The molecule has 2 aromatic rings. The molecule has 0 aliphatic rings. The molecule has 0 bridgehead atoms. The predicted molar refractivity (Wildman–Crippen MR) is 107 cm³/mol. The van der Waals surface area contributed by atoms with Crippen molar-refractivity contribution in [3.8, 4) is 0 Å². The Labute approximate surface area is 164 Å². The van der Waals surface area contributed by atoms with Crippen molar-refractivity contribution in [3.05, 3.63) is 46.9 Å². The van der Waals surface area contributed by atoms with Crippen LogP contribution in [-0.4, -0.2) is 38.2 Å². The van der Waals surface area contributed by atoms with E-state index < -0.39 is 15.8 Å². The molecular weight excluding hydrogens is 385 g/mol. The third-order valence-corrected chi connectivity index (χ3v) is 5.19. The number of benzene rings is 1. The molecular formula is C18H26FN5O3S. The van der Waals surface area contributed by atoms with E-state index in [9.17, 15) is 12.8 Å². The lowest BCUT2D eigenvalue weighted by atomic mass is 10.2. The second kappa shape index (κ2) is 9.54. The van der Waals surface area contributed by atoms with Gasteiger partial charge in [-0.1, -0.05) is 6.07 Å². The zero-order chi connectivity index (χ0) is 20.7. The average molecular weight is 412 g/mol. The smallest absolute Gasteiger partial charge is 0.234 e. The van der Waals surface area contributed by atoms with Crippen molar-refractivity contribution < 1.29 is 17.2 Å². The van der Waals surface area contributed by atoms with Gasteiger partial charge in [-0.25, -0.2) is 22.8 Å². The number of aryl methyl sites for hydroxylation is 3. The Hall–Kier alpha value is -2.62. The van der Waals surface area contributed by atoms with Gasteiger partial charge in [0.2, 0.25) is 15.9 Å². The van der Waals surface area contributed by atoms with Gasteiger partial charge in [0.05, 0.1) is 17.1 Å². The summed E-state index contributed by atoms with van der Waals surface area (Å²) < 4.78 is 45.8. The summed E-state index contributed by atoms with van der Waals surface area (Å²) >= 11 is 0. The van der Waals surface area contributed by atoms with Crippen molar-refractivity contribution in [2.45, 2.75) is 34.2 Å². The van der Waals surface area contributed by atoms with Crippen LogP contribution in [0.1, 0.15) is 29.8 Å². The van der Waals surface area contributed by atoms with Gasteiger partial charge >= 0.3 is 0 Å². The molecule has 2 rings (SSSR count). The summed E-state index contributed by atoms with van der Waals surface area (Å²) in [5.74, 6) is 1.02. The molecule has 28 heavy (non-hydrogen) atoms. The normalized spacial score (nSPS) is 12.1. The Morgan fingerprint density at radius 3 is 2.61 bits per heavy atom. The van der Waals surface area contributed by atoms with E-state index in [0.29, 0.717) is 24.0 Å². The summed E-state index contributed by atoms with van der Waals surface area (Å²) in [7, 11) is -3.64. The first-order chi connectivity index (χ1) is 13.2. The quantitative estimate of drug-likeness (QED) is 0.454. The fraction of sp³-hybridized carbons (Fsp3) is 0.444. The van der Waals surface area contributed by atoms with Gasteiger partial charge in [-0.3, -0.25) is 4.72 Å². The van der Waals surface area contributed by atoms with Crippen molar-refractivity contribution in [1.82, 2.24) is 15.6 Å². The van der Waals surface area contributed by atoms with Crippen LogP contribution in [-0.2, 0) is 16.6 Å². The minimum absolute atomic E-state index is 0.124. The van der Waals surface area contributed by atoms with Crippen LogP contribution in [0.15, 0.2) is 27.6 Å². The Balaban J connectivity index is 1.91. The molecule has 154 valence electrons. The van der Waals surface area contributed by atoms with E-state index in [-0.39, 0.29) is 24.5 Å². The topological polar surface area (TPSA) is 109 Å². The predicted octanol–water partition coefficient (Wildman–Crippen LogP) is 2.24. The van der Waals surface area contributed by atoms with Crippen molar-refractivity contribution in [3.63, 3.8) is 0 Å². The summed E-state index contributed by atoms with van der Waals surface area (Å²) in [6.45, 7) is 8.17.